The highest BCUT2D eigenvalue weighted by Gasteiger charge is 2.02. The number of nitrogens with one attached hydrogen (secondary N) is 1. The summed E-state index contributed by atoms with van der Waals surface area (Å²) in [4.78, 5) is 12.3. The average molecular weight is 265 g/mol. The Labute approximate surface area is 110 Å². The van der Waals surface area contributed by atoms with Crippen molar-refractivity contribution in [3.63, 3.8) is 0 Å². The van der Waals surface area contributed by atoms with E-state index in [0.717, 1.165) is 13.0 Å². The summed E-state index contributed by atoms with van der Waals surface area (Å²) in [5.74, 6) is 1.62. The van der Waals surface area contributed by atoms with E-state index in [-0.39, 0.29) is 0 Å². The Morgan fingerprint density at radius 3 is 2.83 bits per heavy atom. The number of nitrogens with zero attached hydrogens (tertiary/aromatic N) is 3. The lowest BCUT2D eigenvalue weighted by Gasteiger charge is -2.07. The monoisotopic (exact) mass is 264 g/mol. The fraction of sp³-hybridized carbons (Fsp3) is 0.250. The summed E-state index contributed by atoms with van der Waals surface area (Å²) < 4.78 is 5.52. The molecule has 94 valence electrons. The maximum Gasteiger partial charge on any atom is 0.239 e. The van der Waals surface area contributed by atoms with Crippen LogP contribution in [0.1, 0.15) is 13.3 Å². The van der Waals surface area contributed by atoms with Crippen molar-refractivity contribution in [3.8, 4) is 11.6 Å². The van der Waals surface area contributed by atoms with Gasteiger partial charge in [-0.2, -0.15) is 4.98 Å². The first-order valence-corrected chi connectivity index (χ1v) is 6.00. The Balaban J connectivity index is 2.09. The number of rotatable bonds is 5. The molecule has 0 aliphatic carbocycles. The summed E-state index contributed by atoms with van der Waals surface area (Å²) in [7, 11) is 0. The highest BCUT2D eigenvalue weighted by atomic mass is 35.5. The Morgan fingerprint density at radius 1 is 1.22 bits per heavy atom. The van der Waals surface area contributed by atoms with Crippen molar-refractivity contribution in [1.29, 1.82) is 0 Å². The van der Waals surface area contributed by atoms with Gasteiger partial charge in [-0.25, -0.2) is 0 Å². The molecule has 0 aliphatic rings. The molecule has 0 aliphatic heterocycles. The predicted molar refractivity (Wildman–Crippen MR) is 70.1 cm³/mol. The lowest BCUT2D eigenvalue weighted by Crippen LogP contribution is -2.03. The molecule has 2 aromatic heterocycles. The zero-order valence-corrected chi connectivity index (χ0v) is 10.7. The molecule has 18 heavy (non-hydrogen) atoms. The molecule has 0 radical (unpaired) electrons. The Hall–Kier alpha value is -1.88. The topological polar surface area (TPSA) is 59.9 Å². The van der Waals surface area contributed by atoms with Crippen LogP contribution in [0.5, 0.6) is 11.6 Å². The second kappa shape index (κ2) is 6.16. The van der Waals surface area contributed by atoms with E-state index in [1.807, 2.05) is 0 Å². The third kappa shape index (κ3) is 3.56. The van der Waals surface area contributed by atoms with Gasteiger partial charge < -0.3 is 10.1 Å². The first-order chi connectivity index (χ1) is 8.78. The van der Waals surface area contributed by atoms with Gasteiger partial charge in [0.05, 0.1) is 23.6 Å². The van der Waals surface area contributed by atoms with Crippen LogP contribution in [0.2, 0.25) is 5.02 Å². The summed E-state index contributed by atoms with van der Waals surface area (Å²) >= 11 is 5.82. The molecule has 2 heterocycles. The first kappa shape index (κ1) is 12.6. The highest BCUT2D eigenvalue weighted by Crippen LogP contribution is 2.21. The number of anilines is 1. The molecule has 0 atom stereocenters. The van der Waals surface area contributed by atoms with Gasteiger partial charge in [-0.1, -0.05) is 18.5 Å². The van der Waals surface area contributed by atoms with Crippen molar-refractivity contribution in [1.82, 2.24) is 15.0 Å². The Morgan fingerprint density at radius 2 is 2.06 bits per heavy atom. The van der Waals surface area contributed by atoms with Crippen LogP contribution in [0.4, 0.5) is 5.82 Å². The van der Waals surface area contributed by atoms with Crippen molar-refractivity contribution in [2.24, 2.45) is 0 Å². The minimum atomic E-state index is 0.403. The van der Waals surface area contributed by atoms with Gasteiger partial charge in [-0.3, -0.25) is 9.97 Å². The SMILES string of the molecule is CCCNc1cncc(Oc2cncc(Cl)c2)n1. The third-order valence-electron chi connectivity index (χ3n) is 2.07. The fourth-order valence-corrected chi connectivity index (χ4v) is 1.47. The molecule has 0 fully saturated rings. The largest absolute Gasteiger partial charge is 0.436 e. The van der Waals surface area contributed by atoms with E-state index in [4.69, 9.17) is 16.3 Å². The quantitative estimate of drug-likeness (QED) is 0.899. The second-order valence-corrected chi connectivity index (χ2v) is 4.05. The van der Waals surface area contributed by atoms with E-state index in [9.17, 15) is 0 Å². The van der Waals surface area contributed by atoms with E-state index >= 15 is 0 Å². The van der Waals surface area contributed by atoms with Gasteiger partial charge in [-0.05, 0) is 6.42 Å². The number of pyridine rings is 1. The summed E-state index contributed by atoms with van der Waals surface area (Å²) in [6.07, 6.45) is 7.32. The summed E-state index contributed by atoms with van der Waals surface area (Å²) in [5, 5.41) is 3.65. The fourth-order valence-electron chi connectivity index (χ4n) is 1.30. The van der Waals surface area contributed by atoms with E-state index in [1.165, 1.54) is 6.20 Å². The van der Waals surface area contributed by atoms with E-state index in [0.29, 0.717) is 22.5 Å². The second-order valence-electron chi connectivity index (χ2n) is 3.61. The van der Waals surface area contributed by atoms with E-state index in [1.54, 1.807) is 24.7 Å². The summed E-state index contributed by atoms with van der Waals surface area (Å²) in [6, 6.07) is 1.67. The average Bonchev–Trinajstić information content (AvgIpc) is 2.37. The van der Waals surface area contributed by atoms with Crippen molar-refractivity contribution in [3.05, 3.63) is 35.9 Å². The van der Waals surface area contributed by atoms with Crippen molar-refractivity contribution >= 4 is 17.4 Å². The number of hydrogen-bond donors (Lipinski definition) is 1. The van der Waals surface area contributed by atoms with Gasteiger partial charge in [0.2, 0.25) is 5.88 Å². The van der Waals surface area contributed by atoms with Crippen LogP contribution in [0.3, 0.4) is 0 Å². The van der Waals surface area contributed by atoms with Gasteiger partial charge in [0, 0.05) is 18.8 Å². The van der Waals surface area contributed by atoms with Gasteiger partial charge >= 0.3 is 0 Å². The molecule has 0 amide bonds. The lowest BCUT2D eigenvalue weighted by atomic mass is 10.4. The van der Waals surface area contributed by atoms with Gasteiger partial charge in [0.15, 0.2) is 0 Å². The van der Waals surface area contributed by atoms with Crippen molar-refractivity contribution in [2.45, 2.75) is 13.3 Å². The molecular formula is C12H13ClN4O. The number of halogens is 1. The molecule has 0 saturated heterocycles. The summed E-state index contributed by atoms with van der Waals surface area (Å²) in [5.41, 5.74) is 0. The smallest absolute Gasteiger partial charge is 0.239 e. The van der Waals surface area contributed by atoms with Gasteiger partial charge in [0.1, 0.15) is 11.6 Å². The molecule has 0 bridgehead atoms. The molecule has 0 saturated carbocycles. The molecule has 0 aromatic carbocycles. The Kier molecular flexibility index (Phi) is 4.30. The van der Waals surface area contributed by atoms with E-state index in [2.05, 4.69) is 27.2 Å². The number of aromatic nitrogens is 3. The van der Waals surface area contributed by atoms with E-state index < -0.39 is 0 Å². The van der Waals surface area contributed by atoms with Crippen LogP contribution < -0.4 is 10.1 Å². The first-order valence-electron chi connectivity index (χ1n) is 5.62. The zero-order chi connectivity index (χ0) is 12.8. The molecule has 2 rings (SSSR count). The maximum absolute atomic E-state index is 5.82. The normalized spacial score (nSPS) is 10.1. The zero-order valence-electron chi connectivity index (χ0n) is 9.93. The highest BCUT2D eigenvalue weighted by molar-refractivity contribution is 6.30. The molecule has 0 spiro atoms. The van der Waals surface area contributed by atoms with Crippen LogP contribution in [0.15, 0.2) is 30.9 Å². The Bertz CT molecular complexity index is 521. The van der Waals surface area contributed by atoms with Gasteiger partial charge in [-0.15, -0.1) is 0 Å². The van der Waals surface area contributed by atoms with Crippen LogP contribution in [0, 0.1) is 0 Å². The van der Waals surface area contributed by atoms with Gasteiger partial charge in [0.25, 0.3) is 0 Å². The van der Waals surface area contributed by atoms with Crippen molar-refractivity contribution in [2.75, 3.05) is 11.9 Å². The third-order valence-corrected chi connectivity index (χ3v) is 2.28. The molecular weight excluding hydrogens is 252 g/mol. The molecule has 0 unspecified atom stereocenters. The van der Waals surface area contributed by atoms with Crippen LogP contribution >= 0.6 is 11.6 Å². The van der Waals surface area contributed by atoms with Crippen molar-refractivity contribution < 1.29 is 4.74 Å². The van der Waals surface area contributed by atoms with Crippen LogP contribution in [-0.4, -0.2) is 21.5 Å². The number of hydrogen-bond acceptors (Lipinski definition) is 5. The minimum Gasteiger partial charge on any atom is -0.436 e. The molecule has 5 nitrogen and oxygen atoms in total. The molecule has 1 N–H and O–H groups in total. The lowest BCUT2D eigenvalue weighted by molar-refractivity contribution is 0.459. The van der Waals surface area contributed by atoms with Crippen LogP contribution in [0.25, 0.3) is 0 Å². The molecule has 6 heteroatoms. The number of ether oxygens (including phenoxy) is 1. The maximum atomic E-state index is 5.82. The minimum absolute atomic E-state index is 0.403. The van der Waals surface area contributed by atoms with Crippen LogP contribution in [-0.2, 0) is 0 Å². The molecule has 2 aromatic rings. The standard InChI is InChI=1S/C12H13ClN4O/c1-2-3-16-11-7-15-8-12(17-11)18-10-4-9(13)5-14-6-10/h4-8H,2-3H2,1H3,(H,16,17). The summed E-state index contributed by atoms with van der Waals surface area (Å²) in [6.45, 7) is 2.93. The predicted octanol–water partition coefficient (Wildman–Crippen LogP) is 3.14.